The molecule has 6 unspecified atom stereocenters. The van der Waals surface area contributed by atoms with Crippen LogP contribution in [-0.4, -0.2) is 52.1 Å². The number of anilines is 1. The van der Waals surface area contributed by atoms with Gasteiger partial charge in [0, 0.05) is 52.0 Å². The SMILES string of the molecule is CC1CC2NC(C(=O)c3cc4cc(NC(=O)c5cc6ccccc6[nH]5)ccc4[nH]3)C=C2C23C(=O)C2CNC13. The number of hydrogen-bond acceptors (Lipinski definition) is 5. The molecule has 8 rings (SSSR count). The van der Waals surface area contributed by atoms with Crippen LogP contribution in [0.4, 0.5) is 5.69 Å². The van der Waals surface area contributed by atoms with Gasteiger partial charge >= 0.3 is 0 Å². The fourth-order valence-corrected chi connectivity index (χ4v) is 7.42. The number of ketones is 2. The van der Waals surface area contributed by atoms with E-state index in [2.05, 4.69) is 32.8 Å². The van der Waals surface area contributed by atoms with Gasteiger partial charge < -0.3 is 20.6 Å². The van der Waals surface area contributed by atoms with E-state index in [1.807, 2.05) is 60.7 Å². The number of piperidine rings is 1. The molecule has 4 aromatic rings. The van der Waals surface area contributed by atoms with Crippen LogP contribution in [0.3, 0.4) is 0 Å². The van der Waals surface area contributed by atoms with Crippen molar-refractivity contribution in [2.24, 2.45) is 17.3 Å². The Hall–Kier alpha value is -4.01. The summed E-state index contributed by atoms with van der Waals surface area (Å²) in [6.45, 7) is 2.95. The number of para-hydroxylation sites is 1. The Balaban J connectivity index is 1.04. The number of nitrogens with one attached hydrogen (secondary N) is 5. The summed E-state index contributed by atoms with van der Waals surface area (Å²) in [6.07, 6.45) is 2.94. The van der Waals surface area contributed by atoms with Gasteiger partial charge in [-0.05, 0) is 54.3 Å². The molecule has 2 saturated carbocycles. The maximum Gasteiger partial charge on any atom is 0.272 e. The van der Waals surface area contributed by atoms with Gasteiger partial charge in [-0.1, -0.05) is 31.2 Å². The maximum absolute atomic E-state index is 13.6. The molecule has 8 nitrogen and oxygen atoms in total. The van der Waals surface area contributed by atoms with Crippen LogP contribution in [0.5, 0.6) is 0 Å². The van der Waals surface area contributed by atoms with Crippen molar-refractivity contribution in [1.82, 2.24) is 20.6 Å². The molecule has 6 atom stereocenters. The first-order valence-corrected chi connectivity index (χ1v) is 13.3. The second-order valence-corrected chi connectivity index (χ2v) is 11.3. The van der Waals surface area contributed by atoms with E-state index in [1.54, 1.807) is 0 Å². The normalized spacial score (nSPS) is 31.1. The number of Topliss-reactive ketones (excluding diaryl/α,β-unsaturated/α-hetero) is 2. The van der Waals surface area contributed by atoms with Crippen LogP contribution in [0.15, 0.2) is 66.2 Å². The molecule has 0 radical (unpaired) electrons. The second kappa shape index (κ2) is 7.52. The molecule has 0 bridgehead atoms. The maximum atomic E-state index is 13.6. The van der Waals surface area contributed by atoms with E-state index in [4.69, 9.17) is 0 Å². The summed E-state index contributed by atoms with van der Waals surface area (Å²) >= 11 is 0. The van der Waals surface area contributed by atoms with Gasteiger partial charge in [0.15, 0.2) is 11.6 Å². The van der Waals surface area contributed by atoms with E-state index in [-0.39, 0.29) is 29.7 Å². The zero-order valence-electron chi connectivity index (χ0n) is 20.8. The molecule has 38 heavy (non-hydrogen) atoms. The Morgan fingerprint density at radius 2 is 1.76 bits per heavy atom. The summed E-state index contributed by atoms with van der Waals surface area (Å²) in [5.74, 6) is 0.513. The number of fused-ring (bicyclic) bond motifs is 3. The summed E-state index contributed by atoms with van der Waals surface area (Å²) in [6, 6.07) is 16.8. The van der Waals surface area contributed by atoms with Crippen LogP contribution in [0.1, 0.15) is 34.3 Å². The van der Waals surface area contributed by atoms with Gasteiger partial charge in [-0.2, -0.15) is 0 Å². The molecular formula is C30H27N5O3. The molecule has 2 aliphatic heterocycles. The summed E-state index contributed by atoms with van der Waals surface area (Å²) in [5.41, 5.74) is 4.11. The molecule has 4 aliphatic rings. The minimum atomic E-state index is -0.459. The first-order chi connectivity index (χ1) is 18.4. The van der Waals surface area contributed by atoms with E-state index in [0.29, 0.717) is 28.8 Å². The first-order valence-electron chi connectivity index (χ1n) is 13.3. The minimum Gasteiger partial charge on any atom is -0.352 e. The van der Waals surface area contributed by atoms with Gasteiger partial charge in [-0.15, -0.1) is 0 Å². The molecule has 3 fully saturated rings. The lowest BCUT2D eigenvalue weighted by Crippen LogP contribution is -2.50. The molecule has 2 aromatic heterocycles. The third-order valence-electron chi connectivity index (χ3n) is 9.18. The molecule has 190 valence electrons. The predicted molar refractivity (Wildman–Crippen MR) is 144 cm³/mol. The monoisotopic (exact) mass is 505 g/mol. The van der Waals surface area contributed by atoms with Gasteiger partial charge in [-0.25, -0.2) is 0 Å². The van der Waals surface area contributed by atoms with E-state index >= 15 is 0 Å². The summed E-state index contributed by atoms with van der Waals surface area (Å²) in [5, 5.41) is 11.8. The van der Waals surface area contributed by atoms with Crippen molar-refractivity contribution in [2.75, 3.05) is 11.9 Å². The third-order valence-corrected chi connectivity index (χ3v) is 9.18. The third kappa shape index (κ3) is 2.90. The number of amides is 1. The van der Waals surface area contributed by atoms with Crippen molar-refractivity contribution in [3.8, 4) is 0 Å². The fourth-order valence-electron chi connectivity index (χ4n) is 7.42. The Morgan fingerprint density at radius 1 is 0.974 bits per heavy atom. The highest BCUT2D eigenvalue weighted by atomic mass is 16.2. The fraction of sp³-hybridized carbons (Fsp3) is 0.300. The van der Waals surface area contributed by atoms with Crippen LogP contribution in [0.25, 0.3) is 21.8 Å². The molecule has 5 N–H and O–H groups in total. The van der Waals surface area contributed by atoms with Gasteiger partial charge in [0.2, 0.25) is 0 Å². The number of hydrogen-bond donors (Lipinski definition) is 5. The molecule has 8 heteroatoms. The molecule has 1 saturated heterocycles. The molecule has 2 aliphatic carbocycles. The van der Waals surface area contributed by atoms with Crippen molar-refractivity contribution >= 4 is 45.0 Å². The summed E-state index contributed by atoms with van der Waals surface area (Å²) < 4.78 is 0. The highest BCUT2D eigenvalue weighted by Crippen LogP contribution is 2.65. The molecular weight excluding hydrogens is 478 g/mol. The van der Waals surface area contributed by atoms with Crippen LogP contribution < -0.4 is 16.0 Å². The quantitative estimate of drug-likeness (QED) is 0.215. The van der Waals surface area contributed by atoms with E-state index in [0.717, 1.165) is 40.3 Å². The number of benzene rings is 2. The smallest absolute Gasteiger partial charge is 0.272 e. The summed E-state index contributed by atoms with van der Waals surface area (Å²) in [4.78, 5) is 45.6. The number of H-pyrrole nitrogens is 2. The average molecular weight is 506 g/mol. The lowest BCUT2D eigenvalue weighted by Gasteiger charge is -2.38. The van der Waals surface area contributed by atoms with E-state index in [9.17, 15) is 14.4 Å². The highest BCUT2D eigenvalue weighted by molar-refractivity contribution is 6.11. The molecule has 4 heterocycles. The number of aromatic nitrogens is 2. The second-order valence-electron chi connectivity index (χ2n) is 11.3. The van der Waals surface area contributed by atoms with Crippen molar-refractivity contribution in [2.45, 2.75) is 31.5 Å². The first kappa shape index (κ1) is 22.0. The van der Waals surface area contributed by atoms with Crippen LogP contribution in [0, 0.1) is 17.3 Å². The summed E-state index contributed by atoms with van der Waals surface area (Å²) in [7, 11) is 0. The highest BCUT2D eigenvalue weighted by Gasteiger charge is 2.77. The largest absolute Gasteiger partial charge is 0.352 e. The number of rotatable bonds is 4. The van der Waals surface area contributed by atoms with Crippen molar-refractivity contribution in [3.05, 3.63) is 77.6 Å². The van der Waals surface area contributed by atoms with Gasteiger partial charge in [0.05, 0.1) is 17.2 Å². The number of aromatic amines is 2. The van der Waals surface area contributed by atoms with Gasteiger partial charge in [-0.3, -0.25) is 19.7 Å². The number of carbonyl (C=O) groups is 3. The number of carbonyl (C=O) groups excluding carboxylic acids is 3. The zero-order chi connectivity index (χ0) is 25.8. The lowest BCUT2D eigenvalue weighted by molar-refractivity contribution is -0.114. The Kier molecular flexibility index (Phi) is 4.36. The molecule has 2 aromatic carbocycles. The Bertz CT molecular complexity index is 1700. The van der Waals surface area contributed by atoms with Crippen LogP contribution in [-0.2, 0) is 4.79 Å². The Morgan fingerprint density at radius 3 is 2.61 bits per heavy atom. The molecule has 1 amide bonds. The topological polar surface area (TPSA) is 119 Å². The zero-order valence-corrected chi connectivity index (χ0v) is 20.8. The minimum absolute atomic E-state index is 0.0389. The van der Waals surface area contributed by atoms with Gasteiger partial charge in [0.1, 0.15) is 5.69 Å². The molecule has 1 spiro atoms. The Labute approximate surface area is 218 Å². The predicted octanol–water partition coefficient (Wildman–Crippen LogP) is 3.55. The van der Waals surface area contributed by atoms with Crippen molar-refractivity contribution in [1.29, 1.82) is 0 Å². The lowest BCUT2D eigenvalue weighted by atomic mass is 9.70. The average Bonchev–Trinajstić information content (AvgIpc) is 3.53. The van der Waals surface area contributed by atoms with Crippen LogP contribution >= 0.6 is 0 Å². The van der Waals surface area contributed by atoms with Crippen LogP contribution in [0.2, 0.25) is 0 Å². The van der Waals surface area contributed by atoms with Crippen molar-refractivity contribution < 1.29 is 14.4 Å². The van der Waals surface area contributed by atoms with Gasteiger partial charge in [0.25, 0.3) is 5.91 Å². The van der Waals surface area contributed by atoms with E-state index < -0.39 is 11.5 Å². The van der Waals surface area contributed by atoms with Crippen molar-refractivity contribution in [3.63, 3.8) is 0 Å². The van der Waals surface area contributed by atoms with E-state index in [1.165, 1.54) is 0 Å². The standard InChI is InChI=1S/C30H27N5O3/c1-14-8-22-18(30-19(28(30)37)13-31-27(14)30)12-24(35-22)26(36)23-11-16-9-17(6-7-21(16)33-23)32-29(38)25-10-15-4-2-3-5-20(15)34-25/h2-7,9-12,14,19,22,24,27,31,33-35H,8,13H2,1H3,(H,32,38).